The summed E-state index contributed by atoms with van der Waals surface area (Å²) in [6.07, 6.45) is 1.54. The van der Waals surface area contributed by atoms with Crippen LogP contribution in [0.25, 0.3) is 11.3 Å². The highest BCUT2D eigenvalue weighted by atomic mass is 16.1. The third kappa shape index (κ3) is 1.69. The van der Waals surface area contributed by atoms with Crippen molar-refractivity contribution in [3.05, 3.63) is 46.5 Å². The van der Waals surface area contributed by atoms with Crippen LogP contribution >= 0.6 is 0 Å². The van der Waals surface area contributed by atoms with Gasteiger partial charge in [0.05, 0.1) is 11.9 Å². The molecule has 0 aliphatic heterocycles. The number of benzene rings is 1. The van der Waals surface area contributed by atoms with Crippen molar-refractivity contribution in [1.82, 2.24) is 15.2 Å². The molecule has 1 N–H and O–H groups in total. The second-order valence-corrected chi connectivity index (χ2v) is 3.04. The van der Waals surface area contributed by atoms with Crippen LogP contribution in [0.3, 0.4) is 0 Å². The molecule has 0 atom stereocenters. The van der Waals surface area contributed by atoms with E-state index in [2.05, 4.69) is 15.2 Å². The molecule has 0 spiro atoms. The van der Waals surface area contributed by atoms with Crippen molar-refractivity contribution in [2.45, 2.75) is 6.92 Å². The molecule has 70 valence electrons. The van der Waals surface area contributed by atoms with Crippen molar-refractivity contribution in [2.75, 3.05) is 0 Å². The maximum absolute atomic E-state index is 10.9. The lowest BCUT2D eigenvalue weighted by atomic mass is 10.1. The topological polar surface area (TPSA) is 58.6 Å². The molecule has 4 heteroatoms. The number of H-pyrrole nitrogens is 1. The Morgan fingerprint density at radius 3 is 2.93 bits per heavy atom. The first-order valence-corrected chi connectivity index (χ1v) is 4.24. The van der Waals surface area contributed by atoms with Gasteiger partial charge >= 0.3 is 5.69 Å². The lowest BCUT2D eigenvalue weighted by Gasteiger charge is -1.99. The Kier molecular flexibility index (Phi) is 2.10. The standard InChI is InChI=1S/C10H9N3O/c1-7-3-2-4-8(5-7)9-6-11-13-10(14)12-9/h2-6H,1H3,(H,12,13,14). The largest absolute Gasteiger partial charge is 0.361 e. The Morgan fingerprint density at radius 1 is 1.36 bits per heavy atom. The summed E-state index contributed by atoms with van der Waals surface area (Å²) in [4.78, 5) is 14.7. The van der Waals surface area contributed by atoms with Crippen LogP contribution in [0, 0.1) is 6.92 Å². The lowest BCUT2D eigenvalue weighted by molar-refractivity contribution is 0.919. The smallest absolute Gasteiger partial charge is 0.244 e. The maximum Gasteiger partial charge on any atom is 0.361 e. The summed E-state index contributed by atoms with van der Waals surface area (Å²) < 4.78 is 0. The second kappa shape index (κ2) is 3.41. The molecule has 0 bridgehead atoms. The van der Waals surface area contributed by atoms with E-state index >= 15 is 0 Å². The molecular formula is C10H9N3O. The van der Waals surface area contributed by atoms with E-state index in [9.17, 15) is 4.79 Å². The van der Waals surface area contributed by atoms with E-state index in [1.54, 1.807) is 0 Å². The van der Waals surface area contributed by atoms with Crippen LogP contribution in [0.4, 0.5) is 0 Å². The predicted molar refractivity (Wildman–Crippen MR) is 52.8 cm³/mol. The molecule has 4 nitrogen and oxygen atoms in total. The summed E-state index contributed by atoms with van der Waals surface area (Å²) in [6.45, 7) is 1.99. The number of nitrogens with one attached hydrogen (secondary N) is 1. The molecule has 0 fully saturated rings. The average Bonchev–Trinajstić information content (AvgIpc) is 2.18. The van der Waals surface area contributed by atoms with Gasteiger partial charge in [0.25, 0.3) is 0 Å². The van der Waals surface area contributed by atoms with Gasteiger partial charge < -0.3 is 0 Å². The molecule has 0 aliphatic rings. The van der Waals surface area contributed by atoms with Crippen molar-refractivity contribution in [3.8, 4) is 11.3 Å². The van der Waals surface area contributed by atoms with Gasteiger partial charge in [-0.3, -0.25) is 0 Å². The number of nitrogens with zero attached hydrogens (tertiary/aromatic N) is 2. The number of hydrogen-bond acceptors (Lipinski definition) is 3. The molecule has 1 aromatic heterocycles. The number of aromatic nitrogens is 3. The van der Waals surface area contributed by atoms with Crippen molar-refractivity contribution in [1.29, 1.82) is 0 Å². The minimum atomic E-state index is -0.427. The molecule has 0 amide bonds. The quantitative estimate of drug-likeness (QED) is 0.728. The highest BCUT2D eigenvalue weighted by Gasteiger charge is 1.99. The van der Waals surface area contributed by atoms with E-state index < -0.39 is 5.69 Å². The number of aromatic amines is 1. The van der Waals surface area contributed by atoms with Crippen molar-refractivity contribution >= 4 is 0 Å². The lowest BCUT2D eigenvalue weighted by Crippen LogP contribution is -2.11. The van der Waals surface area contributed by atoms with Crippen molar-refractivity contribution < 1.29 is 0 Å². The second-order valence-electron chi connectivity index (χ2n) is 3.04. The first kappa shape index (κ1) is 8.62. The summed E-state index contributed by atoms with van der Waals surface area (Å²) in [5, 5.41) is 5.93. The van der Waals surface area contributed by atoms with E-state index in [-0.39, 0.29) is 0 Å². The Bertz CT molecular complexity index is 504. The highest BCUT2D eigenvalue weighted by Crippen LogP contribution is 2.14. The maximum atomic E-state index is 10.9. The number of aryl methyl sites for hydroxylation is 1. The van der Waals surface area contributed by atoms with Crippen LogP contribution in [0.15, 0.2) is 35.3 Å². The third-order valence-corrected chi connectivity index (χ3v) is 1.88. The van der Waals surface area contributed by atoms with Gasteiger partial charge in [0.1, 0.15) is 0 Å². The number of rotatable bonds is 1. The predicted octanol–water partition coefficient (Wildman–Crippen LogP) is 1.14. The molecule has 1 heterocycles. The highest BCUT2D eigenvalue weighted by molar-refractivity contribution is 5.58. The van der Waals surface area contributed by atoms with E-state index in [0.29, 0.717) is 5.69 Å². The minimum Gasteiger partial charge on any atom is -0.244 e. The van der Waals surface area contributed by atoms with E-state index in [0.717, 1.165) is 11.1 Å². The summed E-state index contributed by atoms with van der Waals surface area (Å²) in [7, 11) is 0. The molecule has 0 aliphatic carbocycles. The minimum absolute atomic E-state index is 0.427. The summed E-state index contributed by atoms with van der Waals surface area (Å²) >= 11 is 0. The van der Waals surface area contributed by atoms with Crippen LogP contribution in [0.5, 0.6) is 0 Å². The Balaban J connectivity index is 2.55. The van der Waals surface area contributed by atoms with Crippen LogP contribution in [0.2, 0.25) is 0 Å². The summed E-state index contributed by atoms with van der Waals surface area (Å²) in [6, 6.07) is 7.78. The fraction of sp³-hybridized carbons (Fsp3) is 0.100. The zero-order valence-electron chi connectivity index (χ0n) is 7.69. The van der Waals surface area contributed by atoms with Gasteiger partial charge in [-0.15, -0.1) is 0 Å². The normalized spacial score (nSPS) is 10.1. The van der Waals surface area contributed by atoms with Gasteiger partial charge in [-0.2, -0.15) is 10.1 Å². The average molecular weight is 187 g/mol. The first-order chi connectivity index (χ1) is 6.75. The molecule has 2 rings (SSSR count). The number of hydrogen-bond donors (Lipinski definition) is 1. The van der Waals surface area contributed by atoms with Crippen LogP contribution in [-0.4, -0.2) is 15.2 Å². The van der Waals surface area contributed by atoms with Crippen molar-refractivity contribution in [2.24, 2.45) is 0 Å². The van der Waals surface area contributed by atoms with Crippen LogP contribution < -0.4 is 5.69 Å². The van der Waals surface area contributed by atoms with Crippen LogP contribution in [-0.2, 0) is 0 Å². The van der Waals surface area contributed by atoms with Gasteiger partial charge in [-0.1, -0.05) is 23.8 Å². The van der Waals surface area contributed by atoms with E-state index in [4.69, 9.17) is 0 Å². The molecular weight excluding hydrogens is 178 g/mol. The summed E-state index contributed by atoms with van der Waals surface area (Å²) in [5.41, 5.74) is 2.20. The zero-order chi connectivity index (χ0) is 9.97. The molecule has 0 saturated carbocycles. The first-order valence-electron chi connectivity index (χ1n) is 4.24. The van der Waals surface area contributed by atoms with E-state index in [1.165, 1.54) is 6.20 Å². The monoisotopic (exact) mass is 187 g/mol. The third-order valence-electron chi connectivity index (χ3n) is 1.88. The summed E-state index contributed by atoms with van der Waals surface area (Å²) in [5.74, 6) is 0. The van der Waals surface area contributed by atoms with Gasteiger partial charge in [-0.25, -0.2) is 9.89 Å². The Morgan fingerprint density at radius 2 is 2.21 bits per heavy atom. The molecule has 14 heavy (non-hydrogen) atoms. The molecule has 0 unspecified atom stereocenters. The van der Waals surface area contributed by atoms with Crippen molar-refractivity contribution in [3.63, 3.8) is 0 Å². The fourth-order valence-corrected chi connectivity index (χ4v) is 1.26. The SMILES string of the molecule is Cc1cccc(-c2cn[nH]c(=O)n2)c1. The fourth-order valence-electron chi connectivity index (χ4n) is 1.26. The molecule has 2 aromatic rings. The molecule has 0 saturated heterocycles. The van der Waals surface area contributed by atoms with Gasteiger partial charge in [-0.05, 0) is 13.0 Å². The van der Waals surface area contributed by atoms with Gasteiger partial charge in [0, 0.05) is 5.56 Å². The van der Waals surface area contributed by atoms with E-state index in [1.807, 2.05) is 31.2 Å². The zero-order valence-corrected chi connectivity index (χ0v) is 7.69. The van der Waals surface area contributed by atoms with Gasteiger partial charge in [0.15, 0.2) is 0 Å². The van der Waals surface area contributed by atoms with Gasteiger partial charge in [0.2, 0.25) is 0 Å². The van der Waals surface area contributed by atoms with Crippen LogP contribution in [0.1, 0.15) is 5.56 Å². The Hall–Kier alpha value is -1.97. The molecule has 0 radical (unpaired) electrons. The molecule has 1 aromatic carbocycles. The Labute approximate surface area is 80.6 Å².